The predicted octanol–water partition coefficient (Wildman–Crippen LogP) is 5.49. The van der Waals surface area contributed by atoms with Crippen LogP contribution in [-0.4, -0.2) is 38.1 Å². The van der Waals surface area contributed by atoms with E-state index in [1.54, 1.807) is 7.11 Å². The number of unbranched alkanes of at least 4 members (excludes halogenated alkanes) is 13. The summed E-state index contributed by atoms with van der Waals surface area (Å²) < 4.78 is 10.5. The number of hydrogen-bond donors (Lipinski definition) is 1. The Balaban J connectivity index is 3.02. The molecule has 1 atom stereocenters. The van der Waals surface area contributed by atoms with Gasteiger partial charge in [0, 0.05) is 13.7 Å². The number of aliphatic hydroxyl groups is 1. The summed E-state index contributed by atoms with van der Waals surface area (Å²) in [5.41, 5.74) is 0. The quantitative estimate of drug-likeness (QED) is 0.318. The van der Waals surface area contributed by atoms with Crippen molar-refractivity contribution < 1.29 is 14.6 Å². The van der Waals surface area contributed by atoms with Gasteiger partial charge >= 0.3 is 0 Å². The summed E-state index contributed by atoms with van der Waals surface area (Å²) in [4.78, 5) is 0. The van der Waals surface area contributed by atoms with Gasteiger partial charge in [-0.25, -0.2) is 0 Å². The van der Waals surface area contributed by atoms with Crippen molar-refractivity contribution in [1.29, 1.82) is 0 Å². The summed E-state index contributed by atoms with van der Waals surface area (Å²) in [6.45, 7) is 3.61. The number of methoxy groups -OCH3 is 1. The van der Waals surface area contributed by atoms with E-state index in [1.807, 2.05) is 0 Å². The average Bonchev–Trinajstić information content (AvgIpc) is 2.58. The first-order valence-corrected chi connectivity index (χ1v) is 10.1. The SMILES string of the molecule is CCCCCCCCCCCCCCCCOCC(CO)OC. The molecule has 0 aromatic carbocycles. The average molecular weight is 331 g/mol. The van der Waals surface area contributed by atoms with Crippen molar-refractivity contribution in [2.75, 3.05) is 26.9 Å². The van der Waals surface area contributed by atoms with Crippen LogP contribution in [0.25, 0.3) is 0 Å². The fourth-order valence-electron chi connectivity index (χ4n) is 2.81. The Morgan fingerprint density at radius 3 is 1.52 bits per heavy atom. The van der Waals surface area contributed by atoms with Gasteiger partial charge in [0.25, 0.3) is 0 Å². The van der Waals surface area contributed by atoms with Gasteiger partial charge in [0.05, 0.1) is 13.2 Å². The highest BCUT2D eigenvalue weighted by Crippen LogP contribution is 2.12. The van der Waals surface area contributed by atoms with E-state index in [2.05, 4.69) is 6.92 Å². The molecule has 0 saturated heterocycles. The molecular weight excluding hydrogens is 288 g/mol. The first-order chi connectivity index (χ1) is 11.3. The highest BCUT2D eigenvalue weighted by Gasteiger charge is 2.04. The lowest BCUT2D eigenvalue weighted by molar-refractivity contribution is -0.0205. The minimum Gasteiger partial charge on any atom is -0.394 e. The molecule has 0 saturated carbocycles. The Kier molecular flexibility index (Phi) is 19.8. The minimum absolute atomic E-state index is 0.0369. The van der Waals surface area contributed by atoms with Crippen LogP contribution in [-0.2, 0) is 9.47 Å². The molecule has 140 valence electrons. The second-order valence-electron chi connectivity index (χ2n) is 6.71. The molecule has 0 bridgehead atoms. The number of rotatable bonds is 19. The third-order valence-corrected chi connectivity index (χ3v) is 4.48. The smallest absolute Gasteiger partial charge is 0.103 e. The van der Waals surface area contributed by atoms with Crippen molar-refractivity contribution in [2.45, 2.75) is 103 Å². The zero-order valence-corrected chi connectivity index (χ0v) is 15.9. The first-order valence-electron chi connectivity index (χ1n) is 10.1. The molecule has 0 aromatic heterocycles. The molecule has 23 heavy (non-hydrogen) atoms. The van der Waals surface area contributed by atoms with Crippen molar-refractivity contribution in [3.63, 3.8) is 0 Å². The summed E-state index contributed by atoms with van der Waals surface area (Å²) >= 11 is 0. The minimum atomic E-state index is -0.165. The Morgan fingerprint density at radius 2 is 1.13 bits per heavy atom. The predicted molar refractivity (Wildman–Crippen MR) is 99.0 cm³/mol. The van der Waals surface area contributed by atoms with Gasteiger partial charge in [0.1, 0.15) is 6.10 Å². The van der Waals surface area contributed by atoms with Crippen molar-refractivity contribution in [2.24, 2.45) is 0 Å². The normalized spacial score (nSPS) is 12.7. The van der Waals surface area contributed by atoms with Gasteiger partial charge in [0.2, 0.25) is 0 Å². The van der Waals surface area contributed by atoms with E-state index in [4.69, 9.17) is 14.6 Å². The molecule has 0 heterocycles. The van der Waals surface area contributed by atoms with E-state index in [1.165, 1.54) is 83.5 Å². The molecule has 0 spiro atoms. The van der Waals surface area contributed by atoms with Gasteiger partial charge in [-0.1, -0.05) is 90.4 Å². The third kappa shape index (κ3) is 18.1. The fourth-order valence-corrected chi connectivity index (χ4v) is 2.81. The fraction of sp³-hybridized carbons (Fsp3) is 1.00. The molecule has 1 unspecified atom stereocenters. The standard InChI is InChI=1S/C20H42O3/c1-3-4-5-6-7-8-9-10-11-12-13-14-15-16-17-23-19-20(18-21)22-2/h20-21H,3-19H2,1-2H3. The maximum absolute atomic E-state index is 8.95. The molecule has 0 aliphatic carbocycles. The zero-order valence-electron chi connectivity index (χ0n) is 15.9. The molecule has 1 N–H and O–H groups in total. The van der Waals surface area contributed by atoms with Gasteiger partial charge < -0.3 is 14.6 Å². The highest BCUT2D eigenvalue weighted by molar-refractivity contribution is 4.52. The van der Waals surface area contributed by atoms with Gasteiger partial charge in [-0.2, -0.15) is 0 Å². The molecule has 0 aliphatic heterocycles. The Morgan fingerprint density at radius 1 is 0.696 bits per heavy atom. The molecule has 0 aromatic rings. The topological polar surface area (TPSA) is 38.7 Å². The molecule has 0 aliphatic rings. The molecule has 0 fully saturated rings. The number of aliphatic hydroxyl groups excluding tert-OH is 1. The Hall–Kier alpha value is -0.120. The number of ether oxygens (including phenoxy) is 2. The van der Waals surface area contributed by atoms with Crippen LogP contribution in [0.4, 0.5) is 0 Å². The molecule has 3 heteroatoms. The van der Waals surface area contributed by atoms with Gasteiger partial charge in [-0.15, -0.1) is 0 Å². The van der Waals surface area contributed by atoms with Gasteiger partial charge in [-0.3, -0.25) is 0 Å². The molecule has 0 radical (unpaired) electrons. The number of hydrogen-bond acceptors (Lipinski definition) is 3. The van der Waals surface area contributed by atoms with E-state index >= 15 is 0 Å². The zero-order chi connectivity index (χ0) is 17.0. The summed E-state index contributed by atoms with van der Waals surface area (Å²) in [6.07, 6.45) is 19.1. The summed E-state index contributed by atoms with van der Waals surface area (Å²) in [7, 11) is 1.61. The van der Waals surface area contributed by atoms with Gasteiger partial charge in [0.15, 0.2) is 0 Å². The van der Waals surface area contributed by atoms with Crippen molar-refractivity contribution in [3.8, 4) is 0 Å². The second-order valence-corrected chi connectivity index (χ2v) is 6.71. The van der Waals surface area contributed by atoms with E-state index in [0.717, 1.165) is 13.0 Å². The van der Waals surface area contributed by atoms with Crippen LogP contribution in [0.1, 0.15) is 96.8 Å². The van der Waals surface area contributed by atoms with Crippen LogP contribution in [0, 0.1) is 0 Å². The summed E-state index contributed by atoms with van der Waals surface area (Å²) in [5.74, 6) is 0. The molecule has 0 rings (SSSR count). The van der Waals surface area contributed by atoms with Crippen LogP contribution in [0.15, 0.2) is 0 Å². The van der Waals surface area contributed by atoms with Crippen LogP contribution in [0.2, 0.25) is 0 Å². The van der Waals surface area contributed by atoms with Crippen molar-refractivity contribution in [1.82, 2.24) is 0 Å². The largest absolute Gasteiger partial charge is 0.394 e. The maximum atomic E-state index is 8.95. The summed E-state index contributed by atoms with van der Waals surface area (Å²) in [5, 5.41) is 8.95. The van der Waals surface area contributed by atoms with Crippen LogP contribution >= 0.6 is 0 Å². The lowest BCUT2D eigenvalue weighted by Crippen LogP contribution is -2.22. The molecule has 3 nitrogen and oxygen atoms in total. The van der Waals surface area contributed by atoms with Crippen LogP contribution in [0.3, 0.4) is 0 Å². The van der Waals surface area contributed by atoms with E-state index < -0.39 is 0 Å². The molecular formula is C20H42O3. The monoisotopic (exact) mass is 330 g/mol. The van der Waals surface area contributed by atoms with Gasteiger partial charge in [-0.05, 0) is 6.42 Å². The first kappa shape index (κ1) is 22.9. The van der Waals surface area contributed by atoms with E-state index in [9.17, 15) is 0 Å². The van der Waals surface area contributed by atoms with E-state index in [-0.39, 0.29) is 12.7 Å². The Bertz CT molecular complexity index is 205. The molecule has 0 amide bonds. The second kappa shape index (κ2) is 19.9. The van der Waals surface area contributed by atoms with E-state index in [0.29, 0.717) is 6.61 Å². The Labute approximate surface area is 145 Å². The highest BCUT2D eigenvalue weighted by atomic mass is 16.5. The third-order valence-electron chi connectivity index (χ3n) is 4.48. The van der Waals surface area contributed by atoms with Crippen LogP contribution in [0.5, 0.6) is 0 Å². The lowest BCUT2D eigenvalue weighted by Gasteiger charge is -2.12. The lowest BCUT2D eigenvalue weighted by atomic mass is 10.0. The van der Waals surface area contributed by atoms with Crippen molar-refractivity contribution >= 4 is 0 Å². The van der Waals surface area contributed by atoms with Crippen molar-refractivity contribution in [3.05, 3.63) is 0 Å². The summed E-state index contributed by atoms with van der Waals surface area (Å²) in [6, 6.07) is 0. The van der Waals surface area contributed by atoms with Crippen LogP contribution < -0.4 is 0 Å². The maximum Gasteiger partial charge on any atom is 0.103 e.